The molecule has 0 spiro atoms. The molecular formula is C24H22N2O3. The number of carbonyl (C=O) groups is 2. The van der Waals surface area contributed by atoms with Crippen molar-refractivity contribution in [1.29, 1.82) is 0 Å². The van der Waals surface area contributed by atoms with E-state index in [1.807, 2.05) is 54.6 Å². The van der Waals surface area contributed by atoms with E-state index in [1.165, 1.54) is 0 Å². The third-order valence-electron chi connectivity index (χ3n) is 4.88. The monoisotopic (exact) mass is 386 g/mol. The van der Waals surface area contributed by atoms with Gasteiger partial charge in [-0.15, -0.1) is 0 Å². The molecule has 5 heteroatoms. The van der Waals surface area contributed by atoms with Crippen molar-refractivity contribution >= 4 is 23.2 Å². The van der Waals surface area contributed by atoms with E-state index in [0.717, 1.165) is 24.2 Å². The lowest BCUT2D eigenvalue weighted by molar-refractivity contribution is -0.117. The van der Waals surface area contributed by atoms with Crippen LogP contribution in [0.1, 0.15) is 28.8 Å². The zero-order valence-electron chi connectivity index (χ0n) is 16.0. The van der Waals surface area contributed by atoms with Gasteiger partial charge in [-0.3, -0.25) is 9.59 Å². The first-order chi connectivity index (χ1) is 14.2. The van der Waals surface area contributed by atoms with Gasteiger partial charge in [-0.1, -0.05) is 30.3 Å². The second-order valence-electron chi connectivity index (χ2n) is 6.95. The number of anilines is 2. The van der Waals surface area contributed by atoms with Gasteiger partial charge in [0.05, 0.1) is 0 Å². The lowest BCUT2D eigenvalue weighted by Gasteiger charge is -2.16. The Labute approximate surface area is 169 Å². The molecule has 1 fully saturated rings. The van der Waals surface area contributed by atoms with Crippen LogP contribution in [0.15, 0.2) is 78.9 Å². The number of hydrogen-bond acceptors (Lipinski definition) is 3. The van der Waals surface area contributed by atoms with E-state index in [4.69, 9.17) is 4.74 Å². The maximum Gasteiger partial charge on any atom is 0.255 e. The molecule has 3 aromatic carbocycles. The summed E-state index contributed by atoms with van der Waals surface area (Å²) in [6.07, 6.45) is 1.49. The summed E-state index contributed by atoms with van der Waals surface area (Å²) in [5, 5.41) is 2.88. The summed E-state index contributed by atoms with van der Waals surface area (Å²) in [6.45, 7) is 1.24. The molecular weight excluding hydrogens is 364 g/mol. The van der Waals surface area contributed by atoms with Crippen LogP contribution in [0.4, 0.5) is 11.4 Å². The van der Waals surface area contributed by atoms with Crippen molar-refractivity contribution in [3.05, 3.63) is 90.0 Å². The first-order valence-electron chi connectivity index (χ1n) is 9.68. The van der Waals surface area contributed by atoms with Gasteiger partial charge in [0.1, 0.15) is 12.4 Å². The van der Waals surface area contributed by atoms with Crippen LogP contribution >= 0.6 is 0 Å². The number of amides is 2. The van der Waals surface area contributed by atoms with Gasteiger partial charge in [-0.2, -0.15) is 0 Å². The largest absolute Gasteiger partial charge is 0.489 e. The van der Waals surface area contributed by atoms with Crippen LogP contribution in [0.2, 0.25) is 0 Å². The molecule has 0 radical (unpaired) electrons. The molecule has 0 saturated carbocycles. The Bertz CT molecular complexity index is 983. The van der Waals surface area contributed by atoms with Gasteiger partial charge < -0.3 is 15.0 Å². The summed E-state index contributed by atoms with van der Waals surface area (Å²) in [5.74, 6) is 0.672. The van der Waals surface area contributed by atoms with Gasteiger partial charge in [0, 0.05) is 29.9 Å². The third-order valence-corrected chi connectivity index (χ3v) is 4.88. The molecule has 2 amide bonds. The minimum Gasteiger partial charge on any atom is -0.489 e. The van der Waals surface area contributed by atoms with Crippen molar-refractivity contribution in [3.8, 4) is 5.75 Å². The number of rotatable bonds is 6. The van der Waals surface area contributed by atoms with Gasteiger partial charge in [0.25, 0.3) is 5.91 Å². The molecule has 1 heterocycles. The van der Waals surface area contributed by atoms with Crippen LogP contribution in [-0.4, -0.2) is 18.4 Å². The Kier molecular flexibility index (Phi) is 5.56. The molecule has 5 nitrogen and oxygen atoms in total. The second kappa shape index (κ2) is 8.61. The Morgan fingerprint density at radius 2 is 1.66 bits per heavy atom. The average molecular weight is 386 g/mol. The van der Waals surface area contributed by atoms with Crippen LogP contribution < -0.4 is 15.0 Å². The molecule has 4 rings (SSSR count). The molecule has 1 aliphatic rings. The lowest BCUT2D eigenvalue weighted by atomic mass is 10.2. The number of carbonyl (C=O) groups excluding carboxylic acids is 2. The van der Waals surface area contributed by atoms with Crippen molar-refractivity contribution in [3.63, 3.8) is 0 Å². The highest BCUT2D eigenvalue weighted by atomic mass is 16.5. The third kappa shape index (κ3) is 4.63. The Morgan fingerprint density at radius 1 is 0.931 bits per heavy atom. The first-order valence-corrected chi connectivity index (χ1v) is 9.68. The van der Waals surface area contributed by atoms with Gasteiger partial charge in [-0.25, -0.2) is 0 Å². The second-order valence-corrected chi connectivity index (χ2v) is 6.95. The first kappa shape index (κ1) is 18.7. The van der Waals surface area contributed by atoms with E-state index >= 15 is 0 Å². The molecule has 146 valence electrons. The molecule has 1 N–H and O–H groups in total. The highest BCUT2D eigenvalue weighted by molar-refractivity contribution is 6.04. The van der Waals surface area contributed by atoms with Crippen LogP contribution in [0.5, 0.6) is 5.75 Å². The topological polar surface area (TPSA) is 58.6 Å². The molecule has 1 aliphatic heterocycles. The molecule has 0 aromatic heterocycles. The summed E-state index contributed by atoms with van der Waals surface area (Å²) < 4.78 is 5.75. The Morgan fingerprint density at radius 3 is 2.31 bits per heavy atom. The maximum absolute atomic E-state index is 12.5. The van der Waals surface area contributed by atoms with Crippen molar-refractivity contribution in [2.24, 2.45) is 0 Å². The van der Waals surface area contributed by atoms with E-state index in [9.17, 15) is 9.59 Å². The molecule has 0 aliphatic carbocycles. The Hall–Kier alpha value is -3.60. The van der Waals surface area contributed by atoms with E-state index < -0.39 is 0 Å². The van der Waals surface area contributed by atoms with Crippen LogP contribution in [0.25, 0.3) is 0 Å². The highest BCUT2D eigenvalue weighted by Crippen LogP contribution is 2.23. The minimum absolute atomic E-state index is 0.149. The summed E-state index contributed by atoms with van der Waals surface area (Å²) >= 11 is 0. The fraction of sp³-hybridized carbons (Fsp3) is 0.167. The number of benzene rings is 3. The van der Waals surface area contributed by atoms with Crippen molar-refractivity contribution in [1.82, 2.24) is 0 Å². The zero-order chi connectivity index (χ0) is 20.1. The summed E-state index contributed by atoms with van der Waals surface area (Å²) in [7, 11) is 0. The number of hydrogen-bond donors (Lipinski definition) is 1. The van der Waals surface area contributed by atoms with Gasteiger partial charge in [-0.05, 0) is 60.5 Å². The molecule has 1 saturated heterocycles. The predicted molar refractivity (Wildman–Crippen MR) is 113 cm³/mol. The van der Waals surface area contributed by atoms with E-state index in [1.54, 1.807) is 29.2 Å². The lowest BCUT2D eigenvalue weighted by Crippen LogP contribution is -2.23. The van der Waals surface area contributed by atoms with Crippen LogP contribution in [0, 0.1) is 0 Å². The summed E-state index contributed by atoms with van der Waals surface area (Å²) in [6, 6.07) is 24.4. The van der Waals surface area contributed by atoms with Crippen molar-refractivity contribution in [2.75, 3.05) is 16.8 Å². The SMILES string of the molecule is O=C(Nc1ccc(N2CCCC2=O)cc1)c1ccc(OCc2ccccc2)cc1. The van der Waals surface area contributed by atoms with Crippen LogP contribution in [0.3, 0.4) is 0 Å². The number of ether oxygens (including phenoxy) is 1. The van der Waals surface area contributed by atoms with Crippen LogP contribution in [-0.2, 0) is 11.4 Å². The quantitative estimate of drug-likeness (QED) is 0.671. The average Bonchev–Trinajstić information content (AvgIpc) is 3.20. The minimum atomic E-state index is -0.190. The molecule has 0 bridgehead atoms. The fourth-order valence-electron chi connectivity index (χ4n) is 3.29. The van der Waals surface area contributed by atoms with E-state index in [2.05, 4.69) is 5.32 Å². The molecule has 29 heavy (non-hydrogen) atoms. The smallest absolute Gasteiger partial charge is 0.255 e. The predicted octanol–water partition coefficient (Wildman–Crippen LogP) is 4.64. The van der Waals surface area contributed by atoms with Gasteiger partial charge in [0.2, 0.25) is 5.91 Å². The fourth-order valence-corrected chi connectivity index (χ4v) is 3.29. The van der Waals surface area contributed by atoms with E-state index in [0.29, 0.717) is 30.0 Å². The molecule has 0 atom stereocenters. The van der Waals surface area contributed by atoms with Gasteiger partial charge in [0.15, 0.2) is 0 Å². The standard InChI is InChI=1S/C24H22N2O3/c27-23-7-4-16-26(23)21-12-10-20(11-13-21)25-24(28)19-8-14-22(15-9-19)29-17-18-5-2-1-3-6-18/h1-3,5-6,8-15H,4,7,16-17H2,(H,25,28). The van der Waals surface area contributed by atoms with Gasteiger partial charge >= 0.3 is 0 Å². The molecule has 0 unspecified atom stereocenters. The zero-order valence-corrected chi connectivity index (χ0v) is 16.0. The normalized spacial score (nSPS) is 13.4. The Balaban J connectivity index is 1.34. The highest BCUT2D eigenvalue weighted by Gasteiger charge is 2.21. The van der Waals surface area contributed by atoms with E-state index in [-0.39, 0.29) is 11.8 Å². The summed E-state index contributed by atoms with van der Waals surface area (Å²) in [4.78, 5) is 26.1. The van der Waals surface area contributed by atoms with Crippen molar-refractivity contribution in [2.45, 2.75) is 19.4 Å². The maximum atomic E-state index is 12.5. The van der Waals surface area contributed by atoms with Crippen molar-refractivity contribution < 1.29 is 14.3 Å². The number of nitrogens with one attached hydrogen (secondary N) is 1. The molecule has 3 aromatic rings. The number of nitrogens with zero attached hydrogens (tertiary/aromatic N) is 1. The summed E-state index contributed by atoms with van der Waals surface area (Å²) in [5.41, 5.74) is 3.20.